The zero-order chi connectivity index (χ0) is 12.5. The summed E-state index contributed by atoms with van der Waals surface area (Å²) in [5, 5.41) is 3.34. The normalized spacial score (nSPS) is 10.5. The average Bonchev–Trinajstić information content (AvgIpc) is 2.36. The first-order chi connectivity index (χ1) is 8.27. The van der Waals surface area contributed by atoms with Crippen LogP contribution in [-0.2, 0) is 6.54 Å². The van der Waals surface area contributed by atoms with Crippen molar-refractivity contribution in [3.63, 3.8) is 0 Å². The van der Waals surface area contributed by atoms with E-state index in [9.17, 15) is 0 Å². The SMILES string of the molecule is CCCNCc1cncc(N(C)CCSC)n1. The van der Waals surface area contributed by atoms with Crippen molar-refractivity contribution < 1.29 is 0 Å². The summed E-state index contributed by atoms with van der Waals surface area (Å²) in [5.41, 5.74) is 1.01. The Morgan fingerprint density at radius 2 is 2.24 bits per heavy atom. The number of aromatic nitrogens is 2. The maximum absolute atomic E-state index is 4.59. The molecule has 1 aromatic rings. The third-order valence-corrected chi connectivity index (χ3v) is 3.02. The van der Waals surface area contributed by atoms with Crippen molar-refractivity contribution in [2.75, 3.05) is 37.0 Å². The molecule has 1 N–H and O–H groups in total. The van der Waals surface area contributed by atoms with Gasteiger partial charge in [-0.05, 0) is 19.2 Å². The number of rotatable bonds is 8. The van der Waals surface area contributed by atoms with Crippen LogP contribution in [0, 0.1) is 0 Å². The van der Waals surface area contributed by atoms with Crippen LogP contribution in [0.4, 0.5) is 5.82 Å². The first-order valence-corrected chi connectivity index (χ1v) is 7.39. The fourth-order valence-electron chi connectivity index (χ4n) is 1.40. The summed E-state index contributed by atoms with van der Waals surface area (Å²) in [5.74, 6) is 2.06. The first kappa shape index (κ1) is 14.3. The molecule has 0 aliphatic heterocycles. The Bertz CT molecular complexity index is 319. The second-order valence-electron chi connectivity index (χ2n) is 3.96. The van der Waals surface area contributed by atoms with E-state index in [0.29, 0.717) is 0 Å². The van der Waals surface area contributed by atoms with Crippen LogP contribution in [0.15, 0.2) is 12.4 Å². The van der Waals surface area contributed by atoms with Gasteiger partial charge < -0.3 is 10.2 Å². The van der Waals surface area contributed by atoms with Gasteiger partial charge in [0.25, 0.3) is 0 Å². The van der Waals surface area contributed by atoms with E-state index in [2.05, 4.69) is 40.4 Å². The second kappa shape index (κ2) is 8.31. The van der Waals surface area contributed by atoms with Gasteiger partial charge in [0.1, 0.15) is 5.82 Å². The molecule has 5 heteroatoms. The molecule has 0 fully saturated rings. The fourth-order valence-corrected chi connectivity index (χ4v) is 1.86. The molecule has 17 heavy (non-hydrogen) atoms. The van der Waals surface area contributed by atoms with E-state index in [4.69, 9.17) is 0 Å². The summed E-state index contributed by atoms with van der Waals surface area (Å²) in [6, 6.07) is 0. The lowest BCUT2D eigenvalue weighted by Crippen LogP contribution is -2.22. The molecule has 0 aromatic carbocycles. The van der Waals surface area contributed by atoms with Gasteiger partial charge in [-0.3, -0.25) is 4.98 Å². The fraction of sp³-hybridized carbons (Fsp3) is 0.667. The van der Waals surface area contributed by atoms with E-state index in [1.54, 1.807) is 0 Å². The van der Waals surface area contributed by atoms with Crippen molar-refractivity contribution in [1.29, 1.82) is 0 Å². The summed E-state index contributed by atoms with van der Waals surface area (Å²) in [4.78, 5) is 11.0. The van der Waals surface area contributed by atoms with Gasteiger partial charge in [-0.15, -0.1) is 0 Å². The number of anilines is 1. The Kier molecular flexibility index (Phi) is 6.96. The highest BCUT2D eigenvalue weighted by atomic mass is 32.2. The monoisotopic (exact) mass is 254 g/mol. The third kappa shape index (κ3) is 5.37. The molecule has 1 aromatic heterocycles. The molecule has 0 saturated carbocycles. The van der Waals surface area contributed by atoms with Crippen molar-refractivity contribution in [3.05, 3.63) is 18.1 Å². The van der Waals surface area contributed by atoms with Crippen LogP contribution in [0.2, 0.25) is 0 Å². The molecule has 0 atom stereocenters. The van der Waals surface area contributed by atoms with Crippen LogP contribution in [0.5, 0.6) is 0 Å². The standard InChI is InChI=1S/C12H22N4S/c1-4-5-13-8-11-9-14-10-12(15-11)16(2)6-7-17-3/h9-10,13H,4-8H2,1-3H3. The van der Waals surface area contributed by atoms with E-state index < -0.39 is 0 Å². The van der Waals surface area contributed by atoms with Crippen LogP contribution >= 0.6 is 11.8 Å². The molecule has 1 rings (SSSR count). The molecule has 4 nitrogen and oxygen atoms in total. The topological polar surface area (TPSA) is 41.1 Å². The minimum atomic E-state index is 0.797. The molecule has 96 valence electrons. The van der Waals surface area contributed by atoms with Gasteiger partial charge in [0.05, 0.1) is 11.9 Å². The minimum absolute atomic E-state index is 0.797. The van der Waals surface area contributed by atoms with Gasteiger partial charge in [-0.25, -0.2) is 4.98 Å². The predicted molar refractivity (Wildman–Crippen MR) is 75.7 cm³/mol. The Morgan fingerprint density at radius 3 is 2.94 bits per heavy atom. The Labute approximate surface area is 108 Å². The molecule has 0 unspecified atom stereocenters. The zero-order valence-corrected chi connectivity index (χ0v) is 11.8. The van der Waals surface area contributed by atoms with Crippen molar-refractivity contribution in [2.24, 2.45) is 0 Å². The van der Waals surface area contributed by atoms with Crippen LogP contribution < -0.4 is 10.2 Å². The Balaban J connectivity index is 2.52. The lowest BCUT2D eigenvalue weighted by Gasteiger charge is -2.17. The van der Waals surface area contributed by atoms with E-state index in [0.717, 1.165) is 43.3 Å². The smallest absolute Gasteiger partial charge is 0.147 e. The highest BCUT2D eigenvalue weighted by Gasteiger charge is 2.03. The largest absolute Gasteiger partial charge is 0.358 e. The lowest BCUT2D eigenvalue weighted by molar-refractivity contribution is 0.661. The quantitative estimate of drug-likeness (QED) is 0.716. The molecular weight excluding hydrogens is 232 g/mol. The molecule has 0 saturated heterocycles. The highest BCUT2D eigenvalue weighted by Crippen LogP contribution is 2.08. The van der Waals surface area contributed by atoms with Gasteiger partial charge in [0, 0.05) is 32.1 Å². The molecule has 0 spiro atoms. The number of thioether (sulfide) groups is 1. The van der Waals surface area contributed by atoms with Gasteiger partial charge in [-0.1, -0.05) is 6.92 Å². The van der Waals surface area contributed by atoms with Gasteiger partial charge >= 0.3 is 0 Å². The van der Waals surface area contributed by atoms with Crippen LogP contribution in [0.3, 0.4) is 0 Å². The maximum atomic E-state index is 4.59. The summed E-state index contributed by atoms with van der Waals surface area (Å²) >= 11 is 1.84. The maximum Gasteiger partial charge on any atom is 0.147 e. The lowest BCUT2D eigenvalue weighted by atomic mass is 10.4. The summed E-state index contributed by atoms with van der Waals surface area (Å²) in [6.45, 7) is 4.98. The van der Waals surface area contributed by atoms with Crippen molar-refractivity contribution in [2.45, 2.75) is 19.9 Å². The van der Waals surface area contributed by atoms with Crippen molar-refractivity contribution >= 4 is 17.6 Å². The molecular formula is C12H22N4S. The molecule has 0 aliphatic carbocycles. The van der Waals surface area contributed by atoms with E-state index in [1.807, 2.05) is 24.2 Å². The van der Waals surface area contributed by atoms with Gasteiger partial charge in [0.2, 0.25) is 0 Å². The number of hydrogen-bond donors (Lipinski definition) is 1. The van der Waals surface area contributed by atoms with E-state index in [-0.39, 0.29) is 0 Å². The Morgan fingerprint density at radius 1 is 1.41 bits per heavy atom. The van der Waals surface area contributed by atoms with Crippen molar-refractivity contribution in [1.82, 2.24) is 15.3 Å². The third-order valence-electron chi connectivity index (χ3n) is 2.43. The molecule has 0 amide bonds. The minimum Gasteiger partial charge on any atom is -0.358 e. The molecule has 0 aliphatic rings. The van der Waals surface area contributed by atoms with Crippen molar-refractivity contribution in [3.8, 4) is 0 Å². The summed E-state index contributed by atoms with van der Waals surface area (Å²) < 4.78 is 0. The second-order valence-corrected chi connectivity index (χ2v) is 4.95. The molecule has 0 radical (unpaired) electrons. The van der Waals surface area contributed by atoms with Gasteiger partial charge in [-0.2, -0.15) is 11.8 Å². The van der Waals surface area contributed by atoms with Crippen LogP contribution in [-0.4, -0.2) is 42.1 Å². The average molecular weight is 254 g/mol. The van der Waals surface area contributed by atoms with E-state index >= 15 is 0 Å². The zero-order valence-electron chi connectivity index (χ0n) is 10.9. The first-order valence-electron chi connectivity index (χ1n) is 5.99. The number of hydrogen-bond acceptors (Lipinski definition) is 5. The number of nitrogens with zero attached hydrogens (tertiary/aromatic N) is 3. The van der Waals surface area contributed by atoms with Crippen LogP contribution in [0.25, 0.3) is 0 Å². The Hall–Kier alpha value is -0.810. The molecule has 1 heterocycles. The number of nitrogens with one attached hydrogen (secondary N) is 1. The summed E-state index contributed by atoms with van der Waals surface area (Å²) in [7, 11) is 2.06. The highest BCUT2D eigenvalue weighted by molar-refractivity contribution is 7.98. The van der Waals surface area contributed by atoms with Gasteiger partial charge in [0.15, 0.2) is 0 Å². The van der Waals surface area contributed by atoms with Crippen LogP contribution in [0.1, 0.15) is 19.0 Å². The van der Waals surface area contributed by atoms with E-state index in [1.165, 1.54) is 0 Å². The predicted octanol–water partition coefficient (Wildman–Crippen LogP) is 1.78. The summed E-state index contributed by atoms with van der Waals surface area (Å²) in [6.07, 6.45) is 6.91. The molecule has 0 bridgehead atoms.